The van der Waals surface area contributed by atoms with Crippen LogP contribution in [0.4, 0.5) is 9.59 Å². The second-order valence-corrected chi connectivity index (χ2v) is 9.33. The molecular formula is C21H30N2O4. The minimum Gasteiger partial charge on any atom is -0.444 e. The Morgan fingerprint density at radius 3 is 2.22 bits per heavy atom. The Morgan fingerprint density at radius 2 is 1.63 bits per heavy atom. The monoisotopic (exact) mass is 374 g/mol. The molecule has 0 saturated carbocycles. The first-order chi connectivity index (χ1) is 12.4. The van der Waals surface area contributed by atoms with E-state index in [9.17, 15) is 9.59 Å². The van der Waals surface area contributed by atoms with E-state index in [4.69, 9.17) is 9.47 Å². The summed E-state index contributed by atoms with van der Waals surface area (Å²) in [7, 11) is 0. The van der Waals surface area contributed by atoms with E-state index in [0.717, 1.165) is 24.1 Å². The topological polar surface area (TPSA) is 60.8 Å². The highest BCUT2D eigenvalue weighted by Crippen LogP contribution is 2.39. The van der Waals surface area contributed by atoms with E-state index in [1.807, 2.05) is 58.6 Å². The van der Waals surface area contributed by atoms with Crippen LogP contribution in [0.3, 0.4) is 0 Å². The molecule has 1 saturated heterocycles. The van der Waals surface area contributed by atoms with Crippen molar-refractivity contribution in [2.45, 2.75) is 84.1 Å². The minimum atomic E-state index is -0.549. The van der Waals surface area contributed by atoms with Gasteiger partial charge in [-0.2, -0.15) is 0 Å². The quantitative estimate of drug-likeness (QED) is 0.707. The number of hydrogen-bond donors (Lipinski definition) is 0. The van der Waals surface area contributed by atoms with Crippen LogP contribution in [0.5, 0.6) is 0 Å². The van der Waals surface area contributed by atoms with Gasteiger partial charge >= 0.3 is 12.2 Å². The van der Waals surface area contributed by atoms with Crippen molar-refractivity contribution in [1.29, 1.82) is 0 Å². The Hall–Kier alpha value is -2.24. The van der Waals surface area contributed by atoms with Crippen LogP contribution in [0, 0.1) is 0 Å². The van der Waals surface area contributed by atoms with Crippen LogP contribution in [0.15, 0.2) is 24.4 Å². The maximum Gasteiger partial charge on any atom is 0.418 e. The highest BCUT2D eigenvalue weighted by Gasteiger charge is 2.42. The fourth-order valence-electron chi connectivity index (χ4n) is 3.73. The summed E-state index contributed by atoms with van der Waals surface area (Å²) < 4.78 is 12.6. The van der Waals surface area contributed by atoms with Gasteiger partial charge in [0, 0.05) is 12.2 Å². The van der Waals surface area contributed by atoms with E-state index in [1.165, 1.54) is 0 Å². The van der Waals surface area contributed by atoms with Crippen LogP contribution in [0.1, 0.15) is 66.5 Å². The molecule has 3 heterocycles. The van der Waals surface area contributed by atoms with Crippen LogP contribution in [0.25, 0.3) is 5.57 Å². The molecule has 2 unspecified atom stereocenters. The van der Waals surface area contributed by atoms with Crippen molar-refractivity contribution in [1.82, 2.24) is 9.47 Å². The summed E-state index contributed by atoms with van der Waals surface area (Å²) in [4.78, 5) is 27.0. The number of fused-ring (bicyclic) bond motifs is 2. The van der Waals surface area contributed by atoms with E-state index in [1.54, 1.807) is 10.8 Å². The van der Waals surface area contributed by atoms with Gasteiger partial charge < -0.3 is 9.47 Å². The molecule has 1 fully saturated rings. The van der Waals surface area contributed by atoms with Gasteiger partial charge in [-0.15, -0.1) is 0 Å². The van der Waals surface area contributed by atoms with Gasteiger partial charge in [-0.1, -0.05) is 6.08 Å². The Labute approximate surface area is 161 Å². The summed E-state index contributed by atoms with van der Waals surface area (Å²) in [6.45, 7) is 11.2. The Bertz CT molecular complexity index is 764. The highest BCUT2D eigenvalue weighted by molar-refractivity contribution is 5.80. The van der Waals surface area contributed by atoms with Crippen molar-refractivity contribution >= 4 is 17.8 Å². The summed E-state index contributed by atoms with van der Waals surface area (Å²) in [5.41, 5.74) is 0.862. The number of amides is 1. The minimum absolute atomic E-state index is 0.00980. The third-order valence-electron chi connectivity index (χ3n) is 4.67. The van der Waals surface area contributed by atoms with Crippen LogP contribution >= 0.6 is 0 Å². The summed E-state index contributed by atoms with van der Waals surface area (Å²) in [5, 5.41) is 0. The van der Waals surface area contributed by atoms with Crippen LogP contribution < -0.4 is 0 Å². The molecule has 0 aliphatic carbocycles. The molecule has 148 valence electrons. The Morgan fingerprint density at radius 1 is 1.00 bits per heavy atom. The van der Waals surface area contributed by atoms with Crippen molar-refractivity contribution in [2.75, 3.05) is 0 Å². The molecule has 2 atom stereocenters. The summed E-state index contributed by atoms with van der Waals surface area (Å²) in [6.07, 6.45) is 5.76. The number of carbonyl (C=O) groups excluding carboxylic acids is 2. The molecule has 1 aromatic rings. The van der Waals surface area contributed by atoms with Gasteiger partial charge in [-0.3, -0.25) is 9.47 Å². The second-order valence-electron chi connectivity index (χ2n) is 9.33. The third-order valence-corrected chi connectivity index (χ3v) is 4.67. The van der Waals surface area contributed by atoms with Gasteiger partial charge in [0.05, 0.1) is 11.7 Å². The van der Waals surface area contributed by atoms with Gasteiger partial charge in [-0.05, 0) is 78.5 Å². The third kappa shape index (κ3) is 4.37. The first kappa shape index (κ1) is 19.5. The number of ether oxygens (including phenoxy) is 2. The van der Waals surface area contributed by atoms with Crippen molar-refractivity contribution in [3.63, 3.8) is 0 Å². The lowest BCUT2D eigenvalue weighted by Gasteiger charge is -2.35. The molecule has 2 aliphatic heterocycles. The zero-order valence-electron chi connectivity index (χ0n) is 17.1. The molecule has 0 spiro atoms. The predicted molar refractivity (Wildman–Crippen MR) is 104 cm³/mol. The van der Waals surface area contributed by atoms with E-state index in [-0.39, 0.29) is 24.3 Å². The van der Waals surface area contributed by atoms with Crippen molar-refractivity contribution in [3.8, 4) is 0 Å². The molecule has 6 heteroatoms. The average molecular weight is 374 g/mol. The van der Waals surface area contributed by atoms with E-state index >= 15 is 0 Å². The fraction of sp³-hybridized carbons (Fsp3) is 0.619. The number of aromatic nitrogens is 1. The lowest BCUT2D eigenvalue weighted by atomic mass is 9.99. The molecule has 3 rings (SSSR count). The predicted octanol–water partition coefficient (Wildman–Crippen LogP) is 4.83. The molecule has 27 heavy (non-hydrogen) atoms. The largest absolute Gasteiger partial charge is 0.444 e. The molecule has 1 amide bonds. The standard InChI is InChI=1S/C21H30N2O4/c1-20(2,3)26-18(24)22-11-7-8-17(22)14-12-15-9-10-16(13-14)23(15)19(25)27-21(4,5)6/h7-8,11-12,15-16H,9-10,13H2,1-6H3. The zero-order chi connectivity index (χ0) is 20.0. The Kier molecular flexibility index (Phi) is 4.87. The maximum atomic E-state index is 12.6. The van der Waals surface area contributed by atoms with Gasteiger partial charge in [-0.25, -0.2) is 9.59 Å². The van der Waals surface area contributed by atoms with Gasteiger partial charge in [0.2, 0.25) is 0 Å². The van der Waals surface area contributed by atoms with Crippen LogP contribution in [-0.4, -0.2) is 44.9 Å². The molecule has 0 radical (unpaired) electrons. The number of rotatable bonds is 1. The van der Waals surface area contributed by atoms with E-state index < -0.39 is 11.2 Å². The van der Waals surface area contributed by atoms with Gasteiger partial charge in [0.15, 0.2) is 0 Å². The lowest BCUT2D eigenvalue weighted by molar-refractivity contribution is 0.0174. The highest BCUT2D eigenvalue weighted by atomic mass is 16.6. The van der Waals surface area contributed by atoms with E-state index in [2.05, 4.69) is 6.08 Å². The van der Waals surface area contributed by atoms with Gasteiger partial charge in [0.25, 0.3) is 0 Å². The summed E-state index contributed by atoms with van der Waals surface area (Å²) >= 11 is 0. The fourth-order valence-corrected chi connectivity index (χ4v) is 3.73. The molecule has 0 N–H and O–H groups in total. The summed E-state index contributed by atoms with van der Waals surface area (Å²) in [6, 6.07) is 3.89. The second kappa shape index (κ2) is 6.73. The molecule has 0 aromatic carbocycles. The molecular weight excluding hydrogens is 344 g/mol. The average Bonchev–Trinajstić information content (AvgIpc) is 3.07. The maximum absolute atomic E-state index is 12.6. The number of hydrogen-bond acceptors (Lipinski definition) is 4. The van der Waals surface area contributed by atoms with E-state index in [0.29, 0.717) is 6.42 Å². The first-order valence-electron chi connectivity index (χ1n) is 9.58. The molecule has 6 nitrogen and oxygen atoms in total. The SMILES string of the molecule is CC(C)(C)OC(=O)N1C2C=C(c3cccn3C(=O)OC(C)(C)C)CC1CC2. The van der Waals surface area contributed by atoms with Crippen molar-refractivity contribution in [2.24, 2.45) is 0 Å². The van der Waals surface area contributed by atoms with Crippen molar-refractivity contribution in [3.05, 3.63) is 30.1 Å². The van der Waals surface area contributed by atoms with Crippen LogP contribution in [0.2, 0.25) is 0 Å². The van der Waals surface area contributed by atoms with Gasteiger partial charge in [0.1, 0.15) is 11.2 Å². The smallest absolute Gasteiger partial charge is 0.418 e. The molecule has 1 aromatic heterocycles. The summed E-state index contributed by atoms with van der Waals surface area (Å²) in [5.74, 6) is 0. The number of nitrogens with zero attached hydrogens (tertiary/aromatic N) is 2. The normalized spacial score (nSPS) is 22.4. The Balaban J connectivity index is 1.82. The molecule has 2 aliphatic rings. The zero-order valence-corrected chi connectivity index (χ0v) is 17.1. The first-order valence-corrected chi connectivity index (χ1v) is 9.58. The van der Waals surface area contributed by atoms with Crippen LogP contribution in [-0.2, 0) is 9.47 Å². The lowest BCUT2D eigenvalue weighted by Crippen LogP contribution is -2.45. The molecule has 2 bridgehead atoms. The number of carbonyl (C=O) groups is 2. The van der Waals surface area contributed by atoms with Crippen molar-refractivity contribution < 1.29 is 19.1 Å².